The van der Waals surface area contributed by atoms with Crippen molar-refractivity contribution in [2.24, 2.45) is 0 Å². The number of carboxylic acid groups (broad SMARTS) is 1. The summed E-state index contributed by atoms with van der Waals surface area (Å²) in [6.45, 7) is 5.86. The highest BCUT2D eigenvalue weighted by Crippen LogP contribution is 2.28. The van der Waals surface area contributed by atoms with E-state index in [4.69, 9.17) is 16.3 Å². The Morgan fingerprint density at radius 3 is 2.78 bits per heavy atom. The lowest BCUT2D eigenvalue weighted by Crippen LogP contribution is -2.44. The summed E-state index contributed by atoms with van der Waals surface area (Å²) in [5.74, 6) is 0.612. The van der Waals surface area contributed by atoms with Crippen LogP contribution in [-0.2, 0) is 0 Å². The number of hydrogen-bond acceptors (Lipinski definition) is 3. The molecule has 0 saturated heterocycles. The second-order valence-electron chi connectivity index (χ2n) is 6.09. The molecule has 0 aliphatic heterocycles. The van der Waals surface area contributed by atoms with Crippen molar-refractivity contribution in [1.29, 1.82) is 0 Å². The molecule has 0 aromatic carbocycles. The summed E-state index contributed by atoms with van der Waals surface area (Å²) in [7, 11) is 1.57. The van der Waals surface area contributed by atoms with Crippen LogP contribution < -0.4 is 4.74 Å². The standard InChI is InChI=1S/C16H20ClN3O3/c1-16(2,3)19(15(21)22)7-5-6-11-8-13(23-4)14-12(17)9-18-20(14)10-11/h5-6,8-10H,7H2,1-4H3,(H,21,22)/b6-5+. The molecule has 7 heteroatoms. The van der Waals surface area contributed by atoms with Gasteiger partial charge in [0.2, 0.25) is 0 Å². The SMILES string of the molecule is COc1cc(/C=C/CN(C(=O)O)C(C)(C)C)cn2ncc(Cl)c12. The van der Waals surface area contributed by atoms with Crippen molar-refractivity contribution in [3.05, 3.63) is 35.1 Å². The minimum Gasteiger partial charge on any atom is -0.494 e. The molecule has 0 aliphatic carbocycles. The molecular weight excluding hydrogens is 318 g/mol. The first-order chi connectivity index (χ1) is 10.7. The second-order valence-corrected chi connectivity index (χ2v) is 6.50. The number of methoxy groups -OCH3 is 1. The van der Waals surface area contributed by atoms with Crippen molar-refractivity contribution >= 4 is 29.3 Å². The molecule has 23 heavy (non-hydrogen) atoms. The lowest BCUT2D eigenvalue weighted by Gasteiger charge is -2.32. The van der Waals surface area contributed by atoms with Gasteiger partial charge >= 0.3 is 6.09 Å². The molecule has 2 heterocycles. The molecule has 0 unspecified atom stereocenters. The van der Waals surface area contributed by atoms with Crippen LogP contribution in [0.15, 0.2) is 24.5 Å². The van der Waals surface area contributed by atoms with Gasteiger partial charge in [0, 0.05) is 18.3 Å². The number of fused-ring (bicyclic) bond motifs is 1. The van der Waals surface area contributed by atoms with Crippen LogP contribution in [0.2, 0.25) is 5.02 Å². The average molecular weight is 338 g/mol. The van der Waals surface area contributed by atoms with Gasteiger partial charge in [-0.2, -0.15) is 5.10 Å². The van der Waals surface area contributed by atoms with Crippen LogP contribution >= 0.6 is 11.6 Å². The molecule has 0 saturated carbocycles. The highest BCUT2D eigenvalue weighted by molar-refractivity contribution is 6.34. The smallest absolute Gasteiger partial charge is 0.408 e. The molecule has 2 aromatic heterocycles. The predicted molar refractivity (Wildman–Crippen MR) is 90.3 cm³/mol. The Morgan fingerprint density at radius 1 is 1.52 bits per heavy atom. The maximum absolute atomic E-state index is 11.3. The van der Waals surface area contributed by atoms with Crippen LogP contribution in [0, 0.1) is 0 Å². The number of halogens is 1. The summed E-state index contributed by atoms with van der Waals surface area (Å²) in [6.07, 6.45) is 6.04. The van der Waals surface area contributed by atoms with Gasteiger partial charge in [0.15, 0.2) is 0 Å². The normalized spacial score (nSPS) is 12.0. The summed E-state index contributed by atoms with van der Waals surface area (Å²) in [4.78, 5) is 12.7. The van der Waals surface area contributed by atoms with Gasteiger partial charge in [-0.15, -0.1) is 0 Å². The molecule has 0 atom stereocenters. The van der Waals surface area contributed by atoms with Crippen LogP contribution in [-0.4, -0.2) is 44.9 Å². The summed E-state index contributed by atoms with van der Waals surface area (Å²) in [5.41, 5.74) is 1.08. The predicted octanol–water partition coefficient (Wildman–Crippen LogP) is 3.79. The number of nitrogens with zero attached hydrogens (tertiary/aromatic N) is 3. The van der Waals surface area contributed by atoms with Crippen LogP contribution in [0.5, 0.6) is 5.75 Å². The fraction of sp³-hybridized carbons (Fsp3) is 0.375. The zero-order valence-electron chi connectivity index (χ0n) is 13.6. The number of pyridine rings is 1. The fourth-order valence-electron chi connectivity index (χ4n) is 2.25. The number of aromatic nitrogens is 2. The van der Waals surface area contributed by atoms with Crippen LogP contribution in [0.4, 0.5) is 4.79 Å². The van der Waals surface area contributed by atoms with E-state index in [9.17, 15) is 9.90 Å². The van der Waals surface area contributed by atoms with Crippen molar-refractivity contribution in [1.82, 2.24) is 14.5 Å². The number of hydrogen-bond donors (Lipinski definition) is 1. The fourth-order valence-corrected chi connectivity index (χ4v) is 2.47. The summed E-state index contributed by atoms with van der Waals surface area (Å²) < 4.78 is 6.98. The Balaban J connectivity index is 2.26. The van der Waals surface area contributed by atoms with Crippen molar-refractivity contribution in [3.63, 3.8) is 0 Å². The number of amides is 1. The minimum atomic E-state index is -0.950. The third kappa shape index (κ3) is 3.76. The lowest BCUT2D eigenvalue weighted by atomic mass is 10.1. The van der Waals surface area contributed by atoms with Gasteiger partial charge in [0.05, 0.1) is 18.3 Å². The molecule has 124 valence electrons. The van der Waals surface area contributed by atoms with Gasteiger partial charge in [-0.05, 0) is 32.4 Å². The van der Waals surface area contributed by atoms with Crippen LogP contribution in [0.25, 0.3) is 11.6 Å². The van der Waals surface area contributed by atoms with E-state index >= 15 is 0 Å². The number of carbonyl (C=O) groups is 1. The van der Waals surface area contributed by atoms with E-state index in [1.54, 1.807) is 23.9 Å². The minimum absolute atomic E-state index is 0.291. The quantitative estimate of drug-likeness (QED) is 0.921. The third-order valence-corrected chi connectivity index (χ3v) is 3.69. The topological polar surface area (TPSA) is 67.1 Å². The number of rotatable bonds is 4. The Bertz CT molecular complexity index is 747. The van der Waals surface area contributed by atoms with E-state index in [1.165, 1.54) is 4.90 Å². The molecule has 2 aromatic rings. The first kappa shape index (κ1) is 17.1. The largest absolute Gasteiger partial charge is 0.494 e. The maximum atomic E-state index is 11.3. The molecule has 0 spiro atoms. The lowest BCUT2D eigenvalue weighted by molar-refractivity contribution is 0.108. The highest BCUT2D eigenvalue weighted by atomic mass is 35.5. The zero-order chi connectivity index (χ0) is 17.2. The Hall–Kier alpha value is -2.21. The molecule has 2 rings (SSSR count). The second kappa shape index (κ2) is 6.50. The van der Waals surface area contributed by atoms with Gasteiger partial charge in [-0.25, -0.2) is 9.31 Å². The van der Waals surface area contributed by atoms with Gasteiger partial charge in [-0.1, -0.05) is 23.8 Å². The monoisotopic (exact) mass is 337 g/mol. The molecule has 0 bridgehead atoms. The zero-order valence-corrected chi connectivity index (χ0v) is 14.3. The molecular formula is C16H20ClN3O3. The average Bonchev–Trinajstić information content (AvgIpc) is 2.82. The molecule has 0 aliphatic rings. The van der Waals surface area contributed by atoms with E-state index in [-0.39, 0.29) is 0 Å². The highest BCUT2D eigenvalue weighted by Gasteiger charge is 2.24. The van der Waals surface area contributed by atoms with Gasteiger partial charge in [0.1, 0.15) is 11.3 Å². The summed E-state index contributed by atoms with van der Waals surface area (Å²) >= 11 is 6.09. The van der Waals surface area contributed by atoms with E-state index in [0.717, 1.165) is 5.56 Å². The molecule has 1 amide bonds. The van der Waals surface area contributed by atoms with E-state index in [0.29, 0.717) is 22.8 Å². The molecule has 0 radical (unpaired) electrons. The molecule has 6 nitrogen and oxygen atoms in total. The third-order valence-electron chi connectivity index (χ3n) is 3.41. The molecule has 1 N–H and O–H groups in total. The Labute approximate surface area is 139 Å². The Morgan fingerprint density at radius 2 is 2.22 bits per heavy atom. The van der Waals surface area contributed by atoms with Crippen molar-refractivity contribution < 1.29 is 14.6 Å². The van der Waals surface area contributed by atoms with Crippen LogP contribution in [0.3, 0.4) is 0 Å². The van der Waals surface area contributed by atoms with Gasteiger partial charge in [0.25, 0.3) is 0 Å². The van der Waals surface area contributed by atoms with Crippen molar-refractivity contribution in [2.75, 3.05) is 13.7 Å². The van der Waals surface area contributed by atoms with Crippen molar-refractivity contribution in [2.45, 2.75) is 26.3 Å². The molecule has 0 fully saturated rings. The van der Waals surface area contributed by atoms with Gasteiger partial charge < -0.3 is 9.84 Å². The Kier molecular flexibility index (Phi) is 4.85. The van der Waals surface area contributed by atoms with E-state index in [2.05, 4.69) is 5.10 Å². The summed E-state index contributed by atoms with van der Waals surface area (Å²) in [6, 6.07) is 1.83. The first-order valence-electron chi connectivity index (χ1n) is 7.12. The number of ether oxygens (including phenoxy) is 1. The van der Waals surface area contributed by atoms with Crippen LogP contribution in [0.1, 0.15) is 26.3 Å². The van der Waals surface area contributed by atoms with E-state index < -0.39 is 11.6 Å². The van der Waals surface area contributed by atoms with Crippen molar-refractivity contribution in [3.8, 4) is 5.75 Å². The maximum Gasteiger partial charge on any atom is 0.408 e. The first-order valence-corrected chi connectivity index (χ1v) is 7.50. The summed E-state index contributed by atoms with van der Waals surface area (Å²) in [5, 5.41) is 14.0. The van der Waals surface area contributed by atoms with Gasteiger partial charge in [-0.3, -0.25) is 4.90 Å². The van der Waals surface area contributed by atoms with E-state index in [1.807, 2.05) is 39.1 Å².